The second kappa shape index (κ2) is 2.64. The maximum absolute atomic E-state index is 10.3. The summed E-state index contributed by atoms with van der Waals surface area (Å²) in [4.78, 5) is 10.3. The van der Waals surface area contributed by atoms with Crippen LogP contribution in [0, 0.1) is 0 Å². The van der Waals surface area contributed by atoms with Gasteiger partial charge in [0.25, 0.3) is 0 Å². The van der Waals surface area contributed by atoms with E-state index in [4.69, 9.17) is 10.8 Å². The molecule has 0 rings (SSSR count). The van der Waals surface area contributed by atoms with Crippen molar-refractivity contribution in [2.45, 2.75) is 18.9 Å². The Bertz CT molecular complexity index is 133. The summed E-state index contributed by atoms with van der Waals surface area (Å²) in [6.45, 7) is 5.02. The molecular weight excluding hydrogens is 118 g/mol. The van der Waals surface area contributed by atoms with E-state index < -0.39 is 11.5 Å². The first-order valence-corrected chi connectivity index (χ1v) is 2.72. The van der Waals surface area contributed by atoms with Crippen molar-refractivity contribution in [3.05, 3.63) is 12.7 Å². The molecule has 0 aromatic carbocycles. The van der Waals surface area contributed by atoms with E-state index in [0.717, 1.165) is 0 Å². The Kier molecular flexibility index (Phi) is 2.40. The maximum atomic E-state index is 10.3. The largest absolute Gasteiger partial charge is 0.480 e. The number of hydrogen-bond donors (Lipinski definition) is 2. The van der Waals surface area contributed by atoms with Crippen LogP contribution in [0.3, 0.4) is 0 Å². The molecule has 0 heterocycles. The van der Waals surface area contributed by atoms with Crippen molar-refractivity contribution >= 4 is 5.97 Å². The molecule has 9 heavy (non-hydrogen) atoms. The van der Waals surface area contributed by atoms with Crippen LogP contribution in [0.5, 0.6) is 0 Å². The van der Waals surface area contributed by atoms with Gasteiger partial charge < -0.3 is 10.8 Å². The molecule has 0 bridgehead atoms. The average Bonchev–Trinajstić information content (AvgIpc) is 1.86. The van der Waals surface area contributed by atoms with Crippen LogP contribution in [0.4, 0.5) is 0 Å². The zero-order chi connectivity index (χ0) is 7.49. The van der Waals surface area contributed by atoms with Gasteiger partial charge in [-0.2, -0.15) is 0 Å². The fraction of sp³-hybridized carbons (Fsp3) is 0.500. The lowest BCUT2D eigenvalue weighted by Crippen LogP contribution is -2.45. The van der Waals surface area contributed by atoms with E-state index in [0.29, 0.717) is 6.42 Å². The number of carbonyl (C=O) groups is 1. The minimum atomic E-state index is -1.24. The van der Waals surface area contributed by atoms with E-state index in [1.807, 2.05) is 0 Å². The summed E-state index contributed by atoms with van der Waals surface area (Å²) in [6.07, 6.45) is 1.61. The molecule has 0 fully saturated rings. The van der Waals surface area contributed by atoms with Gasteiger partial charge >= 0.3 is 5.97 Å². The molecule has 0 saturated carbocycles. The minimum Gasteiger partial charge on any atom is -0.480 e. The van der Waals surface area contributed by atoms with Crippen LogP contribution in [-0.2, 0) is 4.79 Å². The van der Waals surface area contributed by atoms with Gasteiger partial charge in [0.05, 0.1) is 0 Å². The Morgan fingerprint density at radius 3 is 2.44 bits per heavy atom. The Morgan fingerprint density at radius 2 is 2.44 bits per heavy atom. The van der Waals surface area contributed by atoms with E-state index in [1.54, 1.807) is 6.92 Å². The smallest absolute Gasteiger partial charge is 0.327 e. The van der Waals surface area contributed by atoms with Gasteiger partial charge in [-0.25, -0.2) is 4.79 Å². The van der Waals surface area contributed by atoms with Crippen molar-refractivity contribution in [1.82, 2.24) is 0 Å². The van der Waals surface area contributed by atoms with E-state index >= 15 is 0 Å². The molecule has 0 unspecified atom stereocenters. The van der Waals surface area contributed by atoms with E-state index in [1.165, 1.54) is 6.08 Å². The highest BCUT2D eigenvalue weighted by Crippen LogP contribution is 2.06. The van der Waals surface area contributed by atoms with Gasteiger partial charge in [0.2, 0.25) is 0 Å². The Balaban J connectivity index is 4.27. The number of rotatable bonds is 3. The monoisotopic (exact) mass is 129 g/mol. The fourth-order valence-electron chi connectivity index (χ4n) is 0.383. The van der Waals surface area contributed by atoms with Gasteiger partial charge in [0.1, 0.15) is 5.54 Å². The molecule has 0 spiro atoms. The molecule has 0 saturated heterocycles. The summed E-state index contributed by atoms with van der Waals surface area (Å²) in [7, 11) is 0. The standard InChI is InChI=1S/C6H11NO2/c1-3-6(7,4-2)5(8)9/h3H,1,4,7H2,2H3,(H,8,9)/t6-/m0/s1. The van der Waals surface area contributed by atoms with E-state index in [9.17, 15) is 4.79 Å². The molecule has 3 N–H and O–H groups in total. The SMILES string of the molecule is C=C[C@](N)(CC)C(=O)O. The Hall–Kier alpha value is -0.830. The van der Waals surface area contributed by atoms with Crippen LogP contribution in [0.1, 0.15) is 13.3 Å². The molecule has 0 aromatic heterocycles. The highest BCUT2D eigenvalue weighted by molar-refractivity contribution is 5.80. The number of aliphatic carboxylic acids is 1. The average molecular weight is 129 g/mol. The van der Waals surface area contributed by atoms with Crippen molar-refractivity contribution in [2.75, 3.05) is 0 Å². The molecule has 0 aromatic rings. The third kappa shape index (κ3) is 1.54. The Labute approximate surface area is 54.2 Å². The van der Waals surface area contributed by atoms with Crippen molar-refractivity contribution < 1.29 is 9.90 Å². The second-order valence-electron chi connectivity index (χ2n) is 1.90. The lowest BCUT2D eigenvalue weighted by Gasteiger charge is -2.16. The molecule has 0 aliphatic rings. The third-order valence-electron chi connectivity index (χ3n) is 1.35. The number of hydrogen-bond acceptors (Lipinski definition) is 2. The molecule has 52 valence electrons. The summed E-state index contributed by atoms with van der Waals surface area (Å²) in [5, 5.41) is 8.44. The fourth-order valence-corrected chi connectivity index (χ4v) is 0.383. The number of nitrogens with two attached hydrogens (primary N) is 1. The third-order valence-corrected chi connectivity index (χ3v) is 1.35. The molecule has 0 radical (unpaired) electrons. The predicted octanol–water partition coefficient (Wildman–Crippen LogP) is 0.364. The number of carboxylic acid groups (broad SMARTS) is 1. The zero-order valence-corrected chi connectivity index (χ0v) is 5.42. The first-order chi connectivity index (χ1) is 4.06. The zero-order valence-electron chi connectivity index (χ0n) is 5.42. The number of carboxylic acids is 1. The highest BCUT2D eigenvalue weighted by atomic mass is 16.4. The van der Waals surface area contributed by atoms with E-state index in [-0.39, 0.29) is 0 Å². The van der Waals surface area contributed by atoms with Crippen LogP contribution in [-0.4, -0.2) is 16.6 Å². The molecule has 1 atom stereocenters. The molecule has 0 amide bonds. The van der Waals surface area contributed by atoms with Crippen LogP contribution in [0.2, 0.25) is 0 Å². The van der Waals surface area contributed by atoms with Gasteiger partial charge in [0.15, 0.2) is 0 Å². The summed E-state index contributed by atoms with van der Waals surface area (Å²) >= 11 is 0. The first kappa shape index (κ1) is 8.17. The summed E-state index contributed by atoms with van der Waals surface area (Å²) in [5.74, 6) is -1.03. The summed E-state index contributed by atoms with van der Waals surface area (Å²) in [5.41, 5.74) is 4.09. The van der Waals surface area contributed by atoms with Crippen molar-refractivity contribution in [3.63, 3.8) is 0 Å². The van der Waals surface area contributed by atoms with E-state index in [2.05, 4.69) is 6.58 Å². The van der Waals surface area contributed by atoms with Gasteiger partial charge in [-0.15, -0.1) is 6.58 Å². The molecule has 3 nitrogen and oxygen atoms in total. The first-order valence-electron chi connectivity index (χ1n) is 2.72. The molecular formula is C6H11NO2. The molecule has 3 heteroatoms. The molecule has 0 aliphatic carbocycles. The van der Waals surface area contributed by atoms with Crippen molar-refractivity contribution in [1.29, 1.82) is 0 Å². The highest BCUT2D eigenvalue weighted by Gasteiger charge is 2.27. The quantitative estimate of drug-likeness (QED) is 0.541. The van der Waals surface area contributed by atoms with Gasteiger partial charge in [-0.05, 0) is 6.42 Å². The van der Waals surface area contributed by atoms with Crippen LogP contribution in [0.15, 0.2) is 12.7 Å². The van der Waals surface area contributed by atoms with Gasteiger partial charge in [-0.3, -0.25) is 0 Å². The Morgan fingerprint density at radius 1 is 2.00 bits per heavy atom. The molecule has 0 aliphatic heterocycles. The minimum absolute atomic E-state index is 0.367. The normalized spacial score (nSPS) is 16.2. The summed E-state index contributed by atoms with van der Waals surface area (Å²) < 4.78 is 0. The van der Waals surface area contributed by atoms with Crippen molar-refractivity contribution in [3.8, 4) is 0 Å². The van der Waals surface area contributed by atoms with Crippen LogP contribution < -0.4 is 5.73 Å². The second-order valence-corrected chi connectivity index (χ2v) is 1.90. The summed E-state index contributed by atoms with van der Waals surface area (Å²) in [6, 6.07) is 0. The van der Waals surface area contributed by atoms with Gasteiger partial charge in [0, 0.05) is 0 Å². The lowest BCUT2D eigenvalue weighted by atomic mass is 9.99. The van der Waals surface area contributed by atoms with Crippen LogP contribution >= 0.6 is 0 Å². The van der Waals surface area contributed by atoms with Crippen molar-refractivity contribution in [2.24, 2.45) is 5.73 Å². The predicted molar refractivity (Wildman–Crippen MR) is 35.0 cm³/mol. The van der Waals surface area contributed by atoms with Gasteiger partial charge in [-0.1, -0.05) is 13.0 Å². The maximum Gasteiger partial charge on any atom is 0.327 e. The lowest BCUT2D eigenvalue weighted by molar-refractivity contribution is -0.141. The van der Waals surface area contributed by atoms with Crippen LogP contribution in [0.25, 0.3) is 0 Å². The topological polar surface area (TPSA) is 63.3 Å².